The molecule has 1 aromatic rings. The van der Waals surface area contributed by atoms with Crippen LogP contribution in [0.1, 0.15) is 26.2 Å². The van der Waals surface area contributed by atoms with Crippen molar-refractivity contribution in [1.29, 1.82) is 0 Å². The maximum Gasteiger partial charge on any atom is 0.239 e. The molecule has 0 fully saturated rings. The molecule has 0 saturated carbocycles. The zero-order valence-electron chi connectivity index (χ0n) is 14.9. The number of amides is 1. The Morgan fingerprint density at radius 3 is 2.21 bits per heavy atom. The number of carbonyl (C=O) groups excluding carboxylic acids is 1. The van der Waals surface area contributed by atoms with Crippen LogP contribution >= 0.6 is 12.4 Å². The Bertz CT molecular complexity index is 477. The smallest absolute Gasteiger partial charge is 0.239 e. The van der Waals surface area contributed by atoms with Gasteiger partial charge in [0, 0.05) is 31.8 Å². The molecule has 2 N–H and O–H groups in total. The fourth-order valence-electron chi connectivity index (χ4n) is 2.18. The lowest BCUT2D eigenvalue weighted by Gasteiger charge is -2.21. The van der Waals surface area contributed by atoms with E-state index < -0.39 is 6.04 Å². The van der Waals surface area contributed by atoms with Crippen LogP contribution in [0.15, 0.2) is 18.2 Å². The molecule has 0 aliphatic rings. The Hall–Kier alpha value is -1.66. The second-order valence-corrected chi connectivity index (χ2v) is 5.41. The lowest BCUT2D eigenvalue weighted by molar-refractivity contribution is -0.131. The maximum atomic E-state index is 12.0. The molecular weight excluding hydrogens is 332 g/mol. The van der Waals surface area contributed by atoms with E-state index in [2.05, 4.69) is 0 Å². The van der Waals surface area contributed by atoms with Crippen molar-refractivity contribution in [2.45, 2.75) is 32.2 Å². The lowest BCUT2D eigenvalue weighted by atomic mass is 10.1. The van der Waals surface area contributed by atoms with Crippen LogP contribution in [0.4, 0.5) is 0 Å². The van der Waals surface area contributed by atoms with Crippen molar-refractivity contribution in [2.24, 2.45) is 5.73 Å². The van der Waals surface area contributed by atoms with Gasteiger partial charge in [0.15, 0.2) is 0 Å². The first-order valence-corrected chi connectivity index (χ1v) is 7.88. The van der Waals surface area contributed by atoms with Crippen LogP contribution in [-0.2, 0) is 4.79 Å². The van der Waals surface area contributed by atoms with Gasteiger partial charge in [-0.05, 0) is 12.8 Å². The molecule has 0 bridgehead atoms. The van der Waals surface area contributed by atoms with E-state index in [9.17, 15) is 4.79 Å². The molecule has 0 radical (unpaired) electrons. The van der Waals surface area contributed by atoms with Gasteiger partial charge >= 0.3 is 0 Å². The van der Waals surface area contributed by atoms with Crippen molar-refractivity contribution in [1.82, 2.24) is 4.90 Å². The van der Waals surface area contributed by atoms with Crippen LogP contribution in [0, 0.1) is 0 Å². The molecule has 1 amide bonds. The van der Waals surface area contributed by atoms with Gasteiger partial charge in [-0.3, -0.25) is 4.79 Å². The summed E-state index contributed by atoms with van der Waals surface area (Å²) in [4.78, 5) is 13.7. The lowest BCUT2D eigenvalue weighted by Crippen LogP contribution is -2.42. The highest BCUT2D eigenvalue weighted by molar-refractivity contribution is 5.85. The third-order valence-electron chi connectivity index (χ3n) is 3.52. The number of likely N-dealkylation sites (N-methyl/N-ethyl adjacent to an activating group) is 1. The van der Waals surface area contributed by atoms with E-state index in [1.54, 1.807) is 44.4 Å². The van der Waals surface area contributed by atoms with Gasteiger partial charge in [0.05, 0.1) is 26.9 Å². The Labute approximate surface area is 150 Å². The third-order valence-corrected chi connectivity index (χ3v) is 3.52. The number of methoxy groups -OCH3 is 2. The number of hydrogen-bond acceptors (Lipinski definition) is 5. The summed E-state index contributed by atoms with van der Waals surface area (Å²) in [7, 11) is 4.96. The normalized spacial score (nSPS) is 11.2. The molecule has 1 aromatic carbocycles. The van der Waals surface area contributed by atoms with Crippen molar-refractivity contribution in [3.05, 3.63) is 18.2 Å². The van der Waals surface area contributed by atoms with E-state index >= 15 is 0 Å². The van der Waals surface area contributed by atoms with Crippen LogP contribution in [0.2, 0.25) is 0 Å². The molecule has 138 valence electrons. The summed E-state index contributed by atoms with van der Waals surface area (Å²) >= 11 is 0. The maximum absolute atomic E-state index is 12.0. The summed E-state index contributed by atoms with van der Waals surface area (Å²) in [6.45, 7) is 3.12. The number of nitrogens with two attached hydrogens (primary N) is 1. The first-order chi connectivity index (χ1) is 11.0. The second kappa shape index (κ2) is 11.8. The summed E-state index contributed by atoms with van der Waals surface area (Å²) in [5.41, 5.74) is 5.84. The Balaban J connectivity index is 0.00000529. The molecule has 0 aliphatic heterocycles. The van der Waals surface area contributed by atoms with Crippen molar-refractivity contribution in [3.63, 3.8) is 0 Å². The third kappa shape index (κ3) is 7.27. The number of ether oxygens (including phenoxy) is 3. The first kappa shape index (κ1) is 22.3. The average Bonchev–Trinajstić information content (AvgIpc) is 2.57. The van der Waals surface area contributed by atoms with Crippen LogP contribution < -0.4 is 19.9 Å². The van der Waals surface area contributed by atoms with E-state index in [0.717, 1.165) is 12.8 Å². The van der Waals surface area contributed by atoms with Gasteiger partial charge < -0.3 is 24.8 Å². The van der Waals surface area contributed by atoms with Crippen molar-refractivity contribution >= 4 is 18.3 Å². The van der Waals surface area contributed by atoms with E-state index in [1.807, 2.05) is 6.92 Å². The quantitative estimate of drug-likeness (QED) is 0.649. The van der Waals surface area contributed by atoms with Crippen LogP contribution in [0.5, 0.6) is 17.2 Å². The molecule has 1 rings (SSSR count). The van der Waals surface area contributed by atoms with Gasteiger partial charge in [-0.1, -0.05) is 13.3 Å². The summed E-state index contributed by atoms with van der Waals surface area (Å²) in [5, 5.41) is 0. The summed E-state index contributed by atoms with van der Waals surface area (Å²) in [6, 6.07) is 4.98. The summed E-state index contributed by atoms with van der Waals surface area (Å²) < 4.78 is 16.1. The highest BCUT2D eigenvalue weighted by Crippen LogP contribution is 2.27. The van der Waals surface area contributed by atoms with Gasteiger partial charge in [-0.25, -0.2) is 0 Å². The van der Waals surface area contributed by atoms with Crippen molar-refractivity contribution < 1.29 is 19.0 Å². The average molecular weight is 361 g/mol. The molecule has 0 heterocycles. The largest absolute Gasteiger partial charge is 0.496 e. The number of rotatable bonds is 10. The zero-order valence-corrected chi connectivity index (χ0v) is 15.7. The SMILES string of the molecule is CCCC(N)C(=O)N(C)CCCOc1cc(OC)cc(OC)c1.Cl. The molecule has 0 saturated heterocycles. The van der Waals surface area contributed by atoms with Crippen LogP contribution in [0.25, 0.3) is 0 Å². The molecule has 0 aromatic heterocycles. The van der Waals surface area contributed by atoms with E-state index in [-0.39, 0.29) is 18.3 Å². The van der Waals surface area contributed by atoms with E-state index in [1.165, 1.54) is 0 Å². The number of hydrogen-bond donors (Lipinski definition) is 1. The monoisotopic (exact) mass is 360 g/mol. The highest BCUT2D eigenvalue weighted by Gasteiger charge is 2.16. The molecule has 1 atom stereocenters. The minimum absolute atomic E-state index is 0. The van der Waals surface area contributed by atoms with Gasteiger partial charge in [-0.15, -0.1) is 12.4 Å². The molecular formula is C17H29ClN2O4. The molecule has 24 heavy (non-hydrogen) atoms. The second-order valence-electron chi connectivity index (χ2n) is 5.41. The minimum Gasteiger partial charge on any atom is -0.496 e. The topological polar surface area (TPSA) is 74.0 Å². The zero-order chi connectivity index (χ0) is 17.2. The number of nitrogens with zero attached hydrogens (tertiary/aromatic N) is 1. The molecule has 6 nitrogen and oxygen atoms in total. The van der Waals surface area contributed by atoms with Gasteiger partial charge in [-0.2, -0.15) is 0 Å². The van der Waals surface area contributed by atoms with Gasteiger partial charge in [0.1, 0.15) is 17.2 Å². The molecule has 1 unspecified atom stereocenters. The molecule has 0 spiro atoms. The number of benzene rings is 1. The first-order valence-electron chi connectivity index (χ1n) is 7.88. The summed E-state index contributed by atoms with van der Waals surface area (Å²) in [5.74, 6) is 2.02. The molecule has 7 heteroatoms. The van der Waals surface area contributed by atoms with E-state index in [4.69, 9.17) is 19.9 Å². The number of carbonyl (C=O) groups is 1. The Morgan fingerprint density at radius 1 is 1.17 bits per heavy atom. The Morgan fingerprint density at radius 2 is 1.71 bits per heavy atom. The van der Waals surface area contributed by atoms with Crippen molar-refractivity contribution in [2.75, 3.05) is 34.4 Å². The summed E-state index contributed by atoms with van der Waals surface area (Å²) in [6.07, 6.45) is 2.34. The minimum atomic E-state index is -0.409. The van der Waals surface area contributed by atoms with Gasteiger partial charge in [0.2, 0.25) is 5.91 Å². The van der Waals surface area contributed by atoms with E-state index in [0.29, 0.717) is 36.8 Å². The van der Waals surface area contributed by atoms with Crippen LogP contribution in [-0.4, -0.2) is 51.3 Å². The fourth-order valence-corrected chi connectivity index (χ4v) is 2.18. The predicted octanol–water partition coefficient (Wildman–Crippen LogP) is 2.48. The van der Waals surface area contributed by atoms with Crippen LogP contribution in [0.3, 0.4) is 0 Å². The van der Waals surface area contributed by atoms with Crippen molar-refractivity contribution in [3.8, 4) is 17.2 Å². The standard InChI is InChI=1S/C17H28N2O4.ClH/c1-5-7-16(18)17(20)19(2)8-6-9-23-15-11-13(21-3)10-14(12-15)22-4;/h10-12,16H,5-9,18H2,1-4H3;1H. The van der Waals surface area contributed by atoms with Gasteiger partial charge in [0.25, 0.3) is 0 Å². The number of halogens is 1. The highest BCUT2D eigenvalue weighted by atomic mass is 35.5. The predicted molar refractivity (Wildman–Crippen MR) is 97.4 cm³/mol. The fraction of sp³-hybridized carbons (Fsp3) is 0.588. The molecule has 0 aliphatic carbocycles. The Kier molecular flexibility index (Phi) is 11.0.